The molecule has 0 rings (SSSR count). The summed E-state index contributed by atoms with van der Waals surface area (Å²) in [6.07, 6.45) is 0.00290. The lowest BCUT2D eigenvalue weighted by Gasteiger charge is -2.16. The Morgan fingerprint density at radius 2 is 1.63 bits per heavy atom. The molecule has 0 aromatic carbocycles. The molecule has 0 aliphatic rings. The molecular formula is C12H16N4O3. The minimum atomic E-state index is -1.72. The van der Waals surface area contributed by atoms with Gasteiger partial charge in [-0.3, -0.25) is 9.59 Å². The number of hydrogen-bond donors (Lipinski definition) is 0. The Morgan fingerprint density at radius 1 is 1.16 bits per heavy atom. The van der Waals surface area contributed by atoms with Gasteiger partial charge in [0.2, 0.25) is 11.1 Å². The molecule has 2 unspecified atom stereocenters. The lowest BCUT2D eigenvalue weighted by Crippen LogP contribution is -2.34. The van der Waals surface area contributed by atoms with E-state index in [1.807, 2.05) is 0 Å². The van der Waals surface area contributed by atoms with Crippen molar-refractivity contribution in [1.82, 2.24) is 0 Å². The van der Waals surface area contributed by atoms with Crippen molar-refractivity contribution in [2.75, 3.05) is 13.7 Å². The molecule has 0 saturated carbocycles. The zero-order valence-corrected chi connectivity index (χ0v) is 11.4. The highest BCUT2D eigenvalue weighted by Crippen LogP contribution is 2.18. The van der Waals surface area contributed by atoms with Gasteiger partial charge in [-0.05, 0) is 20.8 Å². The van der Waals surface area contributed by atoms with E-state index in [2.05, 4.69) is 10.2 Å². The minimum absolute atomic E-state index is 0.00290. The summed E-state index contributed by atoms with van der Waals surface area (Å²) >= 11 is 0. The van der Waals surface area contributed by atoms with Crippen molar-refractivity contribution in [2.24, 2.45) is 10.2 Å². The lowest BCUT2D eigenvalue weighted by atomic mass is 9.97. The first-order valence-electron chi connectivity index (χ1n) is 5.55. The van der Waals surface area contributed by atoms with E-state index in [4.69, 9.17) is 15.3 Å². The van der Waals surface area contributed by atoms with E-state index < -0.39 is 22.6 Å². The molecule has 0 saturated heterocycles. The van der Waals surface area contributed by atoms with E-state index in [-0.39, 0.29) is 13.0 Å². The molecule has 0 aliphatic carbocycles. The van der Waals surface area contributed by atoms with Crippen LogP contribution in [0.5, 0.6) is 0 Å². The first-order valence-corrected chi connectivity index (χ1v) is 5.55. The number of carbonyl (C=O) groups excluding carboxylic acids is 2. The van der Waals surface area contributed by atoms with Crippen molar-refractivity contribution in [3.63, 3.8) is 0 Å². The highest BCUT2D eigenvalue weighted by molar-refractivity contribution is 5.91. The Hall–Kier alpha value is -2.12. The highest BCUT2D eigenvalue weighted by atomic mass is 16.5. The van der Waals surface area contributed by atoms with Crippen molar-refractivity contribution in [3.05, 3.63) is 0 Å². The maximum atomic E-state index is 11.8. The molecule has 0 aromatic rings. The van der Waals surface area contributed by atoms with Gasteiger partial charge in [-0.25, -0.2) is 0 Å². The number of nitrogens with zero attached hydrogens (tertiary/aromatic N) is 4. The first-order chi connectivity index (χ1) is 8.75. The molecule has 0 aliphatic heterocycles. The molecule has 7 nitrogen and oxygen atoms in total. The fraction of sp³-hybridized carbons (Fsp3) is 0.667. The summed E-state index contributed by atoms with van der Waals surface area (Å²) in [5, 5.41) is 25.1. The van der Waals surface area contributed by atoms with Crippen LogP contribution in [0.3, 0.4) is 0 Å². The van der Waals surface area contributed by atoms with Gasteiger partial charge >= 0.3 is 0 Å². The van der Waals surface area contributed by atoms with E-state index in [0.29, 0.717) is 0 Å². The second-order valence-corrected chi connectivity index (χ2v) is 4.29. The van der Waals surface area contributed by atoms with E-state index in [9.17, 15) is 9.59 Å². The number of azo groups is 1. The Morgan fingerprint density at radius 3 is 2.00 bits per heavy atom. The average Bonchev–Trinajstić information content (AvgIpc) is 2.41. The van der Waals surface area contributed by atoms with Crippen molar-refractivity contribution in [3.8, 4) is 12.1 Å². The number of nitriles is 2. The summed E-state index contributed by atoms with van der Waals surface area (Å²) in [5.41, 5.74) is -3.40. The fourth-order valence-corrected chi connectivity index (χ4v) is 0.950. The zero-order chi connectivity index (χ0) is 15.1. The molecule has 0 radical (unpaired) electrons. The first kappa shape index (κ1) is 16.9. The van der Waals surface area contributed by atoms with Crippen LogP contribution in [0.1, 0.15) is 27.2 Å². The van der Waals surface area contributed by atoms with Crippen LogP contribution in [0.2, 0.25) is 0 Å². The van der Waals surface area contributed by atoms with Gasteiger partial charge < -0.3 is 4.74 Å². The Bertz CT molecular complexity index is 474. The van der Waals surface area contributed by atoms with Crippen LogP contribution in [-0.2, 0) is 14.3 Å². The van der Waals surface area contributed by atoms with Crippen LogP contribution in [0.4, 0.5) is 0 Å². The smallest absolute Gasteiger partial charge is 0.222 e. The standard InChI is InChI=1S/C12H16N4O3/c1-9(17)11(2,7-13)15-16-12(3,8-14)10(18)5-6-19-4/h5-6H2,1-4H3. The maximum Gasteiger partial charge on any atom is 0.222 e. The van der Waals surface area contributed by atoms with E-state index in [0.717, 1.165) is 0 Å². The molecular weight excluding hydrogens is 248 g/mol. The molecule has 0 N–H and O–H groups in total. The molecule has 0 spiro atoms. The summed E-state index contributed by atoms with van der Waals surface area (Å²) in [4.78, 5) is 23.1. The third-order valence-corrected chi connectivity index (χ3v) is 2.65. The molecule has 0 fully saturated rings. The van der Waals surface area contributed by atoms with Gasteiger partial charge in [0, 0.05) is 13.5 Å². The van der Waals surface area contributed by atoms with Crippen LogP contribution >= 0.6 is 0 Å². The minimum Gasteiger partial charge on any atom is -0.384 e. The highest BCUT2D eigenvalue weighted by Gasteiger charge is 2.36. The zero-order valence-electron chi connectivity index (χ0n) is 11.4. The van der Waals surface area contributed by atoms with Crippen LogP contribution in [0.25, 0.3) is 0 Å². The SMILES string of the molecule is COCCC(=O)C(C)(C#N)N=NC(C)(C#N)C(C)=O. The predicted molar refractivity (Wildman–Crippen MR) is 65.1 cm³/mol. The second-order valence-electron chi connectivity index (χ2n) is 4.29. The third kappa shape index (κ3) is 4.23. The normalized spacial score (nSPS) is 16.9. The molecule has 0 bridgehead atoms. The molecule has 19 heavy (non-hydrogen) atoms. The average molecular weight is 264 g/mol. The number of ether oxygens (including phenoxy) is 1. The van der Waals surface area contributed by atoms with Crippen molar-refractivity contribution >= 4 is 11.6 Å². The number of methoxy groups -OCH3 is 1. The summed E-state index contributed by atoms with van der Waals surface area (Å²) in [6.45, 7) is 3.91. The topological polar surface area (TPSA) is 116 Å². The quantitative estimate of drug-likeness (QED) is 0.640. The summed E-state index contributed by atoms with van der Waals surface area (Å²) < 4.78 is 4.75. The molecule has 0 aromatic heterocycles. The molecule has 7 heteroatoms. The molecule has 0 amide bonds. The van der Waals surface area contributed by atoms with Gasteiger partial charge in [-0.15, -0.1) is 0 Å². The summed E-state index contributed by atoms with van der Waals surface area (Å²) in [7, 11) is 1.43. The monoisotopic (exact) mass is 264 g/mol. The number of ketones is 2. The van der Waals surface area contributed by atoms with Gasteiger partial charge in [0.15, 0.2) is 11.6 Å². The third-order valence-electron chi connectivity index (χ3n) is 2.65. The van der Waals surface area contributed by atoms with Crippen LogP contribution in [0, 0.1) is 22.7 Å². The van der Waals surface area contributed by atoms with Crippen molar-refractivity contribution in [2.45, 2.75) is 38.3 Å². The van der Waals surface area contributed by atoms with Gasteiger partial charge in [0.1, 0.15) is 12.1 Å². The number of hydrogen-bond acceptors (Lipinski definition) is 7. The van der Waals surface area contributed by atoms with Crippen LogP contribution in [-0.4, -0.2) is 36.4 Å². The summed E-state index contributed by atoms with van der Waals surface area (Å²) in [5.74, 6) is -0.993. The van der Waals surface area contributed by atoms with Crippen molar-refractivity contribution < 1.29 is 14.3 Å². The van der Waals surface area contributed by atoms with Crippen LogP contribution in [0.15, 0.2) is 10.2 Å². The molecule has 102 valence electrons. The Labute approximate surface area is 111 Å². The number of Topliss-reactive ketones (excluding diaryl/α,β-unsaturated/α-hetero) is 2. The van der Waals surface area contributed by atoms with Crippen LogP contribution < -0.4 is 0 Å². The van der Waals surface area contributed by atoms with Gasteiger partial charge in [0.25, 0.3) is 0 Å². The number of rotatable bonds is 7. The van der Waals surface area contributed by atoms with Gasteiger partial charge in [-0.2, -0.15) is 20.8 Å². The van der Waals surface area contributed by atoms with Crippen molar-refractivity contribution in [1.29, 1.82) is 10.5 Å². The largest absolute Gasteiger partial charge is 0.384 e. The summed E-state index contributed by atoms with van der Waals surface area (Å²) in [6, 6.07) is 3.44. The number of carbonyl (C=O) groups is 2. The molecule has 2 atom stereocenters. The maximum absolute atomic E-state index is 11.8. The molecule has 0 heterocycles. The van der Waals surface area contributed by atoms with Gasteiger partial charge in [0.05, 0.1) is 6.61 Å². The second kappa shape index (κ2) is 6.72. The van der Waals surface area contributed by atoms with Gasteiger partial charge in [-0.1, -0.05) is 0 Å². The Balaban J connectivity index is 5.21. The van der Waals surface area contributed by atoms with E-state index in [1.165, 1.54) is 27.9 Å². The predicted octanol–water partition coefficient (Wildman–Crippen LogP) is 1.20. The van der Waals surface area contributed by atoms with E-state index in [1.54, 1.807) is 12.1 Å². The lowest BCUT2D eigenvalue weighted by molar-refractivity contribution is -0.123. The fourth-order valence-electron chi connectivity index (χ4n) is 0.950. The van der Waals surface area contributed by atoms with E-state index >= 15 is 0 Å². The Kier molecular flexibility index (Phi) is 5.97.